The van der Waals surface area contributed by atoms with Gasteiger partial charge in [-0.1, -0.05) is 40.2 Å². The highest BCUT2D eigenvalue weighted by Gasteiger charge is 2.11. The molecule has 2 aromatic carbocycles. The van der Waals surface area contributed by atoms with Gasteiger partial charge in [0.05, 0.1) is 0 Å². The van der Waals surface area contributed by atoms with Gasteiger partial charge in [-0.05, 0) is 41.8 Å². The van der Waals surface area contributed by atoms with Gasteiger partial charge in [0.2, 0.25) is 0 Å². The zero-order chi connectivity index (χ0) is 14.5. The Morgan fingerprint density at radius 3 is 2.50 bits per heavy atom. The summed E-state index contributed by atoms with van der Waals surface area (Å²) in [5.74, 6) is -0.182. The molecular formula is C15H12BrF3O. The summed E-state index contributed by atoms with van der Waals surface area (Å²) in [5.41, 5.74) is 1.62. The average Bonchev–Trinajstić information content (AvgIpc) is 2.38. The predicted octanol–water partition coefficient (Wildman–Crippen LogP) is 5.11. The van der Waals surface area contributed by atoms with Crippen molar-refractivity contribution in [2.24, 2.45) is 0 Å². The summed E-state index contributed by atoms with van der Waals surface area (Å²) in [7, 11) is 0. The third-order valence-corrected chi connectivity index (χ3v) is 3.60. The fraction of sp³-hybridized carbons (Fsp3) is 0.200. The van der Waals surface area contributed by atoms with Gasteiger partial charge in [-0.2, -0.15) is 8.78 Å². The van der Waals surface area contributed by atoms with Crippen LogP contribution in [-0.2, 0) is 6.42 Å². The molecule has 5 heteroatoms. The first-order valence-electron chi connectivity index (χ1n) is 5.98. The number of halogens is 4. The zero-order valence-electron chi connectivity index (χ0n) is 10.4. The molecule has 2 rings (SSSR count). The van der Waals surface area contributed by atoms with E-state index in [4.69, 9.17) is 0 Å². The van der Waals surface area contributed by atoms with Crippen LogP contribution < -0.4 is 4.74 Å². The molecule has 0 aliphatic rings. The molecule has 106 valence electrons. The van der Waals surface area contributed by atoms with Crippen molar-refractivity contribution in [2.75, 3.05) is 0 Å². The van der Waals surface area contributed by atoms with Crippen LogP contribution in [0.5, 0.6) is 5.75 Å². The van der Waals surface area contributed by atoms with Gasteiger partial charge in [0.15, 0.2) is 0 Å². The lowest BCUT2D eigenvalue weighted by Gasteiger charge is -2.12. The molecule has 0 spiro atoms. The van der Waals surface area contributed by atoms with E-state index in [2.05, 4.69) is 20.7 Å². The highest BCUT2D eigenvalue weighted by molar-refractivity contribution is 9.09. The molecule has 1 atom stereocenters. The molecule has 2 aromatic rings. The van der Waals surface area contributed by atoms with Crippen molar-refractivity contribution < 1.29 is 17.9 Å². The summed E-state index contributed by atoms with van der Waals surface area (Å²) in [4.78, 5) is -0.106. The van der Waals surface area contributed by atoms with Crippen LogP contribution in [-0.4, -0.2) is 6.61 Å². The van der Waals surface area contributed by atoms with Crippen molar-refractivity contribution in [1.29, 1.82) is 0 Å². The SMILES string of the molecule is Fc1cccc(CC(Br)c2cccc(OC(F)F)c2)c1. The summed E-state index contributed by atoms with van der Waals surface area (Å²) in [6.07, 6.45) is 0.551. The van der Waals surface area contributed by atoms with Crippen LogP contribution in [0.15, 0.2) is 48.5 Å². The summed E-state index contributed by atoms with van der Waals surface area (Å²) < 4.78 is 41.8. The lowest BCUT2D eigenvalue weighted by atomic mass is 10.0. The van der Waals surface area contributed by atoms with Crippen LogP contribution in [0.2, 0.25) is 0 Å². The quantitative estimate of drug-likeness (QED) is 0.685. The van der Waals surface area contributed by atoms with Crippen molar-refractivity contribution in [2.45, 2.75) is 17.9 Å². The standard InChI is InChI=1S/C15H12BrF3O/c16-14(8-10-3-1-5-12(17)7-10)11-4-2-6-13(9-11)20-15(18)19/h1-7,9,14-15H,8H2. The topological polar surface area (TPSA) is 9.23 Å². The molecule has 1 nitrogen and oxygen atoms in total. The second-order valence-electron chi connectivity index (χ2n) is 4.25. The molecule has 0 radical (unpaired) electrons. The minimum atomic E-state index is -2.85. The zero-order valence-corrected chi connectivity index (χ0v) is 12.0. The van der Waals surface area contributed by atoms with E-state index in [0.717, 1.165) is 11.1 Å². The van der Waals surface area contributed by atoms with Crippen molar-refractivity contribution in [1.82, 2.24) is 0 Å². The van der Waals surface area contributed by atoms with Gasteiger partial charge in [-0.25, -0.2) is 4.39 Å². The lowest BCUT2D eigenvalue weighted by molar-refractivity contribution is -0.0498. The summed E-state index contributed by atoms with van der Waals surface area (Å²) in [5, 5.41) is 0. The number of rotatable bonds is 5. The normalized spacial score (nSPS) is 12.4. The molecule has 0 aliphatic heterocycles. The molecule has 1 unspecified atom stereocenters. The third kappa shape index (κ3) is 4.27. The van der Waals surface area contributed by atoms with Gasteiger partial charge in [0.25, 0.3) is 0 Å². The van der Waals surface area contributed by atoms with Crippen molar-refractivity contribution in [3.05, 3.63) is 65.5 Å². The van der Waals surface area contributed by atoms with E-state index in [9.17, 15) is 13.2 Å². The van der Waals surface area contributed by atoms with E-state index in [-0.39, 0.29) is 16.4 Å². The van der Waals surface area contributed by atoms with Gasteiger partial charge in [0.1, 0.15) is 11.6 Å². The molecule has 0 saturated heterocycles. The second kappa shape index (κ2) is 6.79. The summed E-state index contributed by atoms with van der Waals surface area (Å²) in [6, 6.07) is 12.8. The number of hydrogen-bond donors (Lipinski definition) is 0. The van der Waals surface area contributed by atoms with Crippen LogP contribution in [0.4, 0.5) is 13.2 Å². The maximum atomic E-state index is 13.1. The molecule has 0 aromatic heterocycles. The number of benzene rings is 2. The number of hydrogen-bond acceptors (Lipinski definition) is 1. The van der Waals surface area contributed by atoms with Crippen LogP contribution in [0.1, 0.15) is 16.0 Å². The van der Waals surface area contributed by atoms with E-state index in [0.29, 0.717) is 6.42 Å². The molecule has 0 aliphatic carbocycles. The first-order chi connectivity index (χ1) is 9.54. The Morgan fingerprint density at radius 1 is 1.05 bits per heavy atom. The Morgan fingerprint density at radius 2 is 1.80 bits per heavy atom. The fourth-order valence-corrected chi connectivity index (χ4v) is 2.53. The Bertz CT molecular complexity index is 575. The number of ether oxygens (including phenoxy) is 1. The third-order valence-electron chi connectivity index (χ3n) is 2.75. The Labute approximate surface area is 123 Å². The molecule has 0 fully saturated rings. The monoisotopic (exact) mass is 344 g/mol. The molecule has 0 bridgehead atoms. The average molecular weight is 345 g/mol. The maximum Gasteiger partial charge on any atom is 0.387 e. The van der Waals surface area contributed by atoms with Gasteiger partial charge in [-0.15, -0.1) is 0 Å². The Hall–Kier alpha value is -1.49. The van der Waals surface area contributed by atoms with E-state index in [1.54, 1.807) is 24.3 Å². The van der Waals surface area contributed by atoms with Gasteiger partial charge in [0, 0.05) is 4.83 Å². The second-order valence-corrected chi connectivity index (χ2v) is 5.36. The van der Waals surface area contributed by atoms with E-state index in [1.807, 2.05) is 6.07 Å². The largest absolute Gasteiger partial charge is 0.435 e. The highest BCUT2D eigenvalue weighted by atomic mass is 79.9. The van der Waals surface area contributed by atoms with E-state index in [1.165, 1.54) is 18.2 Å². The van der Waals surface area contributed by atoms with Crippen LogP contribution in [0, 0.1) is 5.82 Å². The van der Waals surface area contributed by atoms with Gasteiger partial charge in [-0.3, -0.25) is 0 Å². The van der Waals surface area contributed by atoms with Crippen LogP contribution in [0.3, 0.4) is 0 Å². The van der Waals surface area contributed by atoms with Gasteiger partial charge < -0.3 is 4.74 Å². The van der Waals surface area contributed by atoms with E-state index >= 15 is 0 Å². The van der Waals surface area contributed by atoms with Crippen LogP contribution >= 0.6 is 15.9 Å². The highest BCUT2D eigenvalue weighted by Crippen LogP contribution is 2.30. The fourth-order valence-electron chi connectivity index (χ4n) is 1.87. The molecule has 0 N–H and O–H groups in total. The summed E-state index contributed by atoms with van der Waals surface area (Å²) >= 11 is 3.48. The maximum absolute atomic E-state index is 13.1. The van der Waals surface area contributed by atoms with E-state index < -0.39 is 6.61 Å². The predicted molar refractivity (Wildman–Crippen MR) is 74.8 cm³/mol. The number of alkyl halides is 3. The first kappa shape index (κ1) is 14.9. The van der Waals surface area contributed by atoms with Gasteiger partial charge >= 0.3 is 6.61 Å². The first-order valence-corrected chi connectivity index (χ1v) is 6.89. The minimum absolute atomic E-state index is 0.106. The molecule has 0 amide bonds. The summed E-state index contributed by atoms with van der Waals surface area (Å²) in [6.45, 7) is -2.85. The minimum Gasteiger partial charge on any atom is -0.435 e. The Kier molecular flexibility index (Phi) is 5.06. The molecule has 0 heterocycles. The molecule has 20 heavy (non-hydrogen) atoms. The van der Waals surface area contributed by atoms with Crippen molar-refractivity contribution in [3.8, 4) is 5.75 Å². The van der Waals surface area contributed by atoms with Crippen LogP contribution in [0.25, 0.3) is 0 Å². The van der Waals surface area contributed by atoms with Crippen molar-refractivity contribution >= 4 is 15.9 Å². The Balaban J connectivity index is 2.10. The smallest absolute Gasteiger partial charge is 0.387 e. The van der Waals surface area contributed by atoms with Crippen molar-refractivity contribution in [3.63, 3.8) is 0 Å². The lowest BCUT2D eigenvalue weighted by Crippen LogP contribution is -2.03. The molecular weight excluding hydrogens is 333 g/mol. The molecule has 0 saturated carbocycles.